The van der Waals surface area contributed by atoms with Gasteiger partial charge in [-0.1, -0.05) is 18.2 Å². The summed E-state index contributed by atoms with van der Waals surface area (Å²) in [6.45, 7) is 7.78. The fourth-order valence-electron chi connectivity index (χ4n) is 3.74. The van der Waals surface area contributed by atoms with Gasteiger partial charge in [-0.15, -0.1) is 0 Å². The van der Waals surface area contributed by atoms with E-state index >= 15 is 0 Å². The third-order valence-corrected chi connectivity index (χ3v) is 5.17. The van der Waals surface area contributed by atoms with Crippen molar-refractivity contribution in [2.24, 2.45) is 18.7 Å². The van der Waals surface area contributed by atoms with Crippen molar-refractivity contribution in [3.8, 4) is 0 Å². The zero-order chi connectivity index (χ0) is 15.0. The van der Waals surface area contributed by atoms with Gasteiger partial charge in [0.05, 0.1) is 0 Å². The Bertz CT molecular complexity index is 588. The highest BCUT2D eigenvalue weighted by atomic mass is 15.2. The van der Waals surface area contributed by atoms with Crippen LogP contribution in [0.4, 0.5) is 0 Å². The van der Waals surface area contributed by atoms with Gasteiger partial charge in [0.15, 0.2) is 0 Å². The Morgan fingerprint density at radius 3 is 2.81 bits per heavy atom. The van der Waals surface area contributed by atoms with Crippen molar-refractivity contribution in [1.29, 1.82) is 0 Å². The second kappa shape index (κ2) is 5.82. The smallest absolute Gasteiger partial charge is 0.0483 e. The van der Waals surface area contributed by atoms with Crippen LogP contribution in [-0.4, -0.2) is 28.6 Å². The quantitative estimate of drug-likeness (QED) is 0.940. The Morgan fingerprint density at radius 1 is 1.33 bits per heavy atom. The summed E-state index contributed by atoms with van der Waals surface area (Å²) in [6.07, 6.45) is 2.55. The van der Waals surface area contributed by atoms with E-state index < -0.39 is 0 Å². The molecule has 0 amide bonds. The summed E-state index contributed by atoms with van der Waals surface area (Å²) in [5, 5.41) is 1.38. The largest absolute Gasteiger partial charge is 0.346 e. The van der Waals surface area contributed by atoms with E-state index in [0.29, 0.717) is 12.0 Å². The minimum Gasteiger partial charge on any atom is -0.346 e. The highest BCUT2D eigenvalue weighted by Crippen LogP contribution is 2.27. The standard InChI is InChI=1S/C18H27N3/c1-13-16-8-4-5-9-17(16)20(3)18(13)12-21-10-6-7-15(11-21)14(2)19/h4-5,8-9,14-15H,6-7,10-12,19H2,1-3H3. The molecule has 0 saturated carbocycles. The van der Waals surface area contributed by atoms with Gasteiger partial charge in [0.1, 0.15) is 0 Å². The number of nitrogens with two attached hydrogens (primary N) is 1. The maximum atomic E-state index is 6.11. The van der Waals surface area contributed by atoms with Gasteiger partial charge in [0.25, 0.3) is 0 Å². The molecule has 2 unspecified atom stereocenters. The molecular weight excluding hydrogens is 258 g/mol. The van der Waals surface area contributed by atoms with Crippen LogP contribution in [0.25, 0.3) is 10.9 Å². The number of rotatable bonds is 3. The normalized spacial score (nSPS) is 21.8. The molecule has 2 aromatic rings. The van der Waals surface area contributed by atoms with Crippen LogP contribution in [0.5, 0.6) is 0 Å². The maximum absolute atomic E-state index is 6.11. The van der Waals surface area contributed by atoms with Crippen molar-refractivity contribution in [1.82, 2.24) is 9.47 Å². The monoisotopic (exact) mass is 285 g/mol. The van der Waals surface area contributed by atoms with Crippen molar-refractivity contribution in [3.63, 3.8) is 0 Å². The zero-order valence-corrected chi connectivity index (χ0v) is 13.5. The van der Waals surface area contributed by atoms with Gasteiger partial charge in [-0.2, -0.15) is 0 Å². The molecule has 1 saturated heterocycles. The predicted octanol–water partition coefficient (Wildman–Crippen LogP) is 3.05. The minimum atomic E-state index is 0.307. The average Bonchev–Trinajstić information content (AvgIpc) is 2.73. The summed E-state index contributed by atoms with van der Waals surface area (Å²) < 4.78 is 2.36. The molecule has 114 valence electrons. The molecule has 1 fully saturated rings. The number of likely N-dealkylation sites (tertiary alicyclic amines) is 1. The summed E-state index contributed by atoms with van der Waals surface area (Å²) in [5.74, 6) is 0.647. The number of benzene rings is 1. The molecule has 0 spiro atoms. The van der Waals surface area contributed by atoms with Crippen LogP contribution < -0.4 is 5.73 Å². The first kappa shape index (κ1) is 14.6. The van der Waals surface area contributed by atoms with Gasteiger partial charge < -0.3 is 10.3 Å². The number of nitrogens with zero attached hydrogens (tertiary/aromatic N) is 2. The number of piperidine rings is 1. The number of aryl methyl sites for hydroxylation is 2. The number of para-hydroxylation sites is 1. The minimum absolute atomic E-state index is 0.307. The number of fused-ring (bicyclic) bond motifs is 1. The van der Waals surface area contributed by atoms with Gasteiger partial charge in [-0.05, 0) is 50.8 Å². The Labute approximate surface area is 127 Å². The first-order valence-corrected chi connectivity index (χ1v) is 8.08. The lowest BCUT2D eigenvalue weighted by Crippen LogP contribution is -2.42. The second-order valence-corrected chi connectivity index (χ2v) is 6.64. The van der Waals surface area contributed by atoms with E-state index in [4.69, 9.17) is 5.73 Å². The Balaban J connectivity index is 1.85. The average molecular weight is 285 g/mol. The van der Waals surface area contributed by atoms with E-state index in [-0.39, 0.29) is 0 Å². The summed E-state index contributed by atoms with van der Waals surface area (Å²) >= 11 is 0. The SMILES string of the molecule is Cc1c(CN2CCCC(C(C)N)C2)n(C)c2ccccc12. The molecule has 2 N–H and O–H groups in total. The molecule has 3 rings (SSSR count). The van der Waals surface area contributed by atoms with Gasteiger partial charge >= 0.3 is 0 Å². The third kappa shape index (κ3) is 2.72. The summed E-state index contributed by atoms with van der Waals surface area (Å²) in [4.78, 5) is 2.58. The number of hydrogen-bond donors (Lipinski definition) is 1. The first-order chi connectivity index (χ1) is 10.1. The number of hydrogen-bond acceptors (Lipinski definition) is 2. The van der Waals surface area contributed by atoms with Gasteiger partial charge in [-0.3, -0.25) is 4.90 Å². The molecule has 1 aliphatic rings. The van der Waals surface area contributed by atoms with Crippen molar-refractivity contribution in [2.75, 3.05) is 13.1 Å². The van der Waals surface area contributed by atoms with E-state index in [9.17, 15) is 0 Å². The Kier molecular flexibility index (Phi) is 4.05. The van der Waals surface area contributed by atoms with Gasteiger partial charge in [0, 0.05) is 42.8 Å². The summed E-state index contributed by atoms with van der Waals surface area (Å²) in [6, 6.07) is 9.01. The summed E-state index contributed by atoms with van der Waals surface area (Å²) in [5.41, 5.74) is 10.3. The van der Waals surface area contributed by atoms with E-state index in [1.807, 2.05) is 0 Å². The molecule has 3 nitrogen and oxygen atoms in total. The van der Waals surface area contributed by atoms with Crippen LogP contribution in [0, 0.1) is 12.8 Å². The molecule has 1 aliphatic heterocycles. The Hall–Kier alpha value is -1.32. The fourth-order valence-corrected chi connectivity index (χ4v) is 3.74. The van der Waals surface area contributed by atoms with Crippen LogP contribution in [0.15, 0.2) is 24.3 Å². The topological polar surface area (TPSA) is 34.2 Å². The maximum Gasteiger partial charge on any atom is 0.0483 e. The van der Waals surface area contributed by atoms with E-state index in [1.54, 1.807) is 0 Å². The van der Waals surface area contributed by atoms with Crippen LogP contribution in [0.3, 0.4) is 0 Å². The number of aromatic nitrogens is 1. The molecule has 3 heteroatoms. The summed E-state index contributed by atoms with van der Waals surface area (Å²) in [7, 11) is 2.19. The van der Waals surface area contributed by atoms with Crippen molar-refractivity contribution < 1.29 is 0 Å². The van der Waals surface area contributed by atoms with Crippen LogP contribution in [0.2, 0.25) is 0 Å². The first-order valence-electron chi connectivity index (χ1n) is 8.08. The Morgan fingerprint density at radius 2 is 2.10 bits per heavy atom. The molecule has 0 aliphatic carbocycles. The third-order valence-electron chi connectivity index (χ3n) is 5.17. The molecule has 0 bridgehead atoms. The highest BCUT2D eigenvalue weighted by Gasteiger charge is 2.24. The lowest BCUT2D eigenvalue weighted by molar-refractivity contribution is 0.151. The van der Waals surface area contributed by atoms with Gasteiger partial charge in [-0.25, -0.2) is 0 Å². The highest BCUT2D eigenvalue weighted by molar-refractivity contribution is 5.85. The molecule has 2 heterocycles. The van der Waals surface area contributed by atoms with Crippen molar-refractivity contribution in [2.45, 2.75) is 39.3 Å². The van der Waals surface area contributed by atoms with Crippen molar-refractivity contribution in [3.05, 3.63) is 35.5 Å². The van der Waals surface area contributed by atoms with Gasteiger partial charge in [0.2, 0.25) is 0 Å². The fraction of sp³-hybridized carbons (Fsp3) is 0.556. The second-order valence-electron chi connectivity index (χ2n) is 6.64. The molecule has 1 aromatic heterocycles. The molecule has 0 radical (unpaired) electrons. The van der Waals surface area contributed by atoms with Crippen LogP contribution in [0.1, 0.15) is 31.0 Å². The molecule has 2 atom stereocenters. The van der Waals surface area contributed by atoms with E-state index in [1.165, 1.54) is 41.5 Å². The predicted molar refractivity (Wildman–Crippen MR) is 89.3 cm³/mol. The van der Waals surface area contributed by atoms with E-state index in [0.717, 1.165) is 13.1 Å². The van der Waals surface area contributed by atoms with Crippen molar-refractivity contribution >= 4 is 10.9 Å². The molecular formula is C18H27N3. The molecule has 21 heavy (non-hydrogen) atoms. The van der Waals surface area contributed by atoms with Crippen LogP contribution >= 0.6 is 0 Å². The lowest BCUT2D eigenvalue weighted by atomic mass is 9.92. The zero-order valence-electron chi connectivity index (χ0n) is 13.5. The lowest BCUT2D eigenvalue weighted by Gasteiger charge is -2.34. The van der Waals surface area contributed by atoms with E-state index in [2.05, 4.69) is 54.6 Å². The van der Waals surface area contributed by atoms with Crippen LogP contribution in [-0.2, 0) is 13.6 Å². The molecule has 1 aromatic carbocycles.